The Hall–Kier alpha value is -2.32. The Kier molecular flexibility index (Phi) is 3.19. The normalized spacial score (nSPS) is 24.1. The Labute approximate surface area is 122 Å². The van der Waals surface area contributed by atoms with Crippen molar-refractivity contribution in [1.82, 2.24) is 0 Å². The fraction of sp³-hybridized carbons (Fsp3) is 0.375. The van der Waals surface area contributed by atoms with Crippen LogP contribution in [0.4, 0.5) is 0 Å². The molecule has 2 bridgehead atoms. The average Bonchev–Trinajstić information content (AvgIpc) is 2.81. The summed E-state index contributed by atoms with van der Waals surface area (Å²) >= 11 is 0. The Balaban J connectivity index is 2.20. The van der Waals surface area contributed by atoms with Crippen LogP contribution in [0.15, 0.2) is 24.3 Å². The number of rotatable bonds is 2. The maximum atomic E-state index is 12.3. The molecule has 0 aliphatic carbocycles. The lowest BCUT2D eigenvalue weighted by Crippen LogP contribution is -2.44. The molecular formula is C16H14O5. The van der Waals surface area contributed by atoms with Gasteiger partial charge in [0.2, 0.25) is 0 Å². The van der Waals surface area contributed by atoms with Crippen LogP contribution in [0.25, 0.3) is 0 Å². The summed E-state index contributed by atoms with van der Waals surface area (Å²) in [4.78, 5) is 24.7. The third-order valence-corrected chi connectivity index (χ3v) is 3.97. The zero-order valence-corrected chi connectivity index (χ0v) is 11.7. The average molecular weight is 286 g/mol. The van der Waals surface area contributed by atoms with Crippen LogP contribution in [0.2, 0.25) is 0 Å². The molecule has 2 heterocycles. The van der Waals surface area contributed by atoms with E-state index in [1.165, 1.54) is 14.2 Å². The molecule has 0 saturated carbocycles. The van der Waals surface area contributed by atoms with Crippen LogP contribution in [-0.4, -0.2) is 32.3 Å². The Morgan fingerprint density at radius 1 is 1.24 bits per heavy atom. The van der Waals surface area contributed by atoms with Crippen molar-refractivity contribution in [2.45, 2.75) is 18.6 Å². The van der Waals surface area contributed by atoms with Crippen molar-refractivity contribution < 1.29 is 23.8 Å². The van der Waals surface area contributed by atoms with Crippen LogP contribution in [0, 0.1) is 17.3 Å². The van der Waals surface area contributed by atoms with Gasteiger partial charge in [0, 0.05) is 12.0 Å². The van der Waals surface area contributed by atoms with Gasteiger partial charge >= 0.3 is 11.9 Å². The number of hydrogen-bond acceptors (Lipinski definition) is 5. The van der Waals surface area contributed by atoms with Crippen molar-refractivity contribution in [2.75, 3.05) is 14.2 Å². The van der Waals surface area contributed by atoms with Crippen LogP contribution < -0.4 is 0 Å². The van der Waals surface area contributed by atoms with E-state index in [1.54, 1.807) is 0 Å². The first-order valence-electron chi connectivity index (χ1n) is 6.56. The molecular weight excluding hydrogens is 272 g/mol. The lowest BCUT2D eigenvalue weighted by Gasteiger charge is -2.29. The summed E-state index contributed by atoms with van der Waals surface area (Å²) < 4.78 is 15.5. The van der Waals surface area contributed by atoms with E-state index < -0.39 is 29.6 Å². The van der Waals surface area contributed by atoms with Crippen molar-refractivity contribution in [3.63, 3.8) is 0 Å². The van der Waals surface area contributed by atoms with Crippen LogP contribution >= 0.6 is 0 Å². The molecule has 0 unspecified atom stereocenters. The zero-order chi connectivity index (χ0) is 15.0. The number of carbonyl (C=O) groups is 2. The zero-order valence-electron chi connectivity index (χ0n) is 11.7. The highest BCUT2D eigenvalue weighted by molar-refractivity contribution is 6.01. The molecule has 0 spiro atoms. The lowest BCUT2D eigenvalue weighted by atomic mass is 9.75. The third kappa shape index (κ3) is 1.83. The fourth-order valence-electron chi connectivity index (χ4n) is 2.98. The smallest absolute Gasteiger partial charge is 0.326 e. The number of fused-ring (bicyclic) bond motifs is 4. The molecule has 3 rings (SSSR count). The van der Waals surface area contributed by atoms with E-state index >= 15 is 0 Å². The summed E-state index contributed by atoms with van der Waals surface area (Å²) in [6.07, 6.45) is -1.13. The first-order chi connectivity index (χ1) is 10.1. The van der Waals surface area contributed by atoms with Gasteiger partial charge in [-0.15, -0.1) is 0 Å². The van der Waals surface area contributed by atoms with Gasteiger partial charge in [-0.1, -0.05) is 30.0 Å². The molecule has 2 atom stereocenters. The first kappa shape index (κ1) is 13.7. The quantitative estimate of drug-likeness (QED) is 0.464. The molecule has 5 nitrogen and oxygen atoms in total. The molecule has 2 aliphatic rings. The minimum Gasteiger partial charge on any atom is -0.468 e. The summed E-state index contributed by atoms with van der Waals surface area (Å²) in [7, 11) is 2.50. The molecule has 1 aromatic rings. The maximum Gasteiger partial charge on any atom is 0.326 e. The number of hydrogen-bond donors (Lipinski definition) is 0. The minimum atomic E-state index is -1.50. The maximum absolute atomic E-state index is 12.3. The molecule has 0 radical (unpaired) electrons. The van der Waals surface area contributed by atoms with E-state index in [0.29, 0.717) is 5.56 Å². The molecule has 2 aliphatic heterocycles. The molecule has 0 N–H and O–H groups in total. The molecule has 0 amide bonds. The lowest BCUT2D eigenvalue weighted by molar-refractivity contribution is -0.173. The molecule has 1 aromatic carbocycles. The van der Waals surface area contributed by atoms with E-state index in [-0.39, 0.29) is 6.42 Å². The van der Waals surface area contributed by atoms with Crippen LogP contribution in [0.3, 0.4) is 0 Å². The van der Waals surface area contributed by atoms with E-state index in [2.05, 4.69) is 11.8 Å². The molecule has 21 heavy (non-hydrogen) atoms. The summed E-state index contributed by atoms with van der Waals surface area (Å²) in [5.41, 5.74) is -0.0398. The first-order valence-corrected chi connectivity index (χ1v) is 6.56. The molecule has 0 aromatic heterocycles. The third-order valence-electron chi connectivity index (χ3n) is 3.97. The van der Waals surface area contributed by atoms with Crippen molar-refractivity contribution in [3.8, 4) is 11.8 Å². The number of ether oxygens (including phenoxy) is 3. The van der Waals surface area contributed by atoms with Crippen molar-refractivity contribution in [2.24, 2.45) is 5.41 Å². The molecule has 108 valence electrons. The number of benzene rings is 1. The summed E-state index contributed by atoms with van der Waals surface area (Å²) in [6.45, 7) is 0. The van der Waals surface area contributed by atoms with Crippen molar-refractivity contribution in [3.05, 3.63) is 35.4 Å². The summed E-state index contributed by atoms with van der Waals surface area (Å²) in [5, 5.41) is 0. The summed E-state index contributed by atoms with van der Waals surface area (Å²) in [5.74, 6) is 4.68. The fourth-order valence-corrected chi connectivity index (χ4v) is 2.98. The van der Waals surface area contributed by atoms with E-state index in [9.17, 15) is 9.59 Å². The van der Waals surface area contributed by atoms with Crippen LogP contribution in [-0.2, 0) is 23.8 Å². The number of esters is 2. The number of methoxy groups -OCH3 is 2. The predicted molar refractivity (Wildman–Crippen MR) is 72.0 cm³/mol. The second-order valence-corrected chi connectivity index (χ2v) is 5.02. The van der Waals surface area contributed by atoms with E-state index in [1.807, 2.05) is 24.3 Å². The van der Waals surface area contributed by atoms with Gasteiger partial charge in [0.1, 0.15) is 12.2 Å². The number of carbonyl (C=O) groups excluding carboxylic acids is 2. The van der Waals surface area contributed by atoms with Gasteiger partial charge in [0.05, 0.1) is 14.2 Å². The highest BCUT2D eigenvalue weighted by Crippen LogP contribution is 2.51. The standard InChI is InChI=1S/C16H14O5/c1-19-14(17)16(15(18)20-2)9-11-8-7-10-5-3-4-6-12(10)13(16)21-11/h3-6,11,13H,9H2,1-2H3/t11-,13+/m1/s1. The van der Waals surface area contributed by atoms with Crippen molar-refractivity contribution >= 4 is 11.9 Å². The van der Waals surface area contributed by atoms with Gasteiger partial charge in [-0.3, -0.25) is 9.59 Å². The monoisotopic (exact) mass is 286 g/mol. The highest BCUT2D eigenvalue weighted by atomic mass is 16.6. The topological polar surface area (TPSA) is 61.8 Å². The van der Waals surface area contributed by atoms with Gasteiger partial charge in [-0.25, -0.2) is 0 Å². The van der Waals surface area contributed by atoms with Gasteiger partial charge in [0.15, 0.2) is 5.41 Å². The predicted octanol–water partition coefficient (Wildman–Crippen LogP) is 1.21. The minimum absolute atomic E-state index is 0.137. The molecule has 5 heteroatoms. The summed E-state index contributed by atoms with van der Waals surface area (Å²) in [6, 6.07) is 7.32. The van der Waals surface area contributed by atoms with Crippen LogP contribution in [0.5, 0.6) is 0 Å². The van der Waals surface area contributed by atoms with Gasteiger partial charge < -0.3 is 14.2 Å². The highest BCUT2D eigenvalue weighted by Gasteiger charge is 2.62. The van der Waals surface area contributed by atoms with Crippen LogP contribution in [0.1, 0.15) is 23.7 Å². The second kappa shape index (κ2) is 4.90. The van der Waals surface area contributed by atoms with Gasteiger partial charge in [-0.2, -0.15) is 0 Å². The Morgan fingerprint density at radius 2 is 1.90 bits per heavy atom. The largest absolute Gasteiger partial charge is 0.468 e. The Morgan fingerprint density at radius 3 is 2.57 bits per heavy atom. The van der Waals surface area contributed by atoms with E-state index in [0.717, 1.165) is 5.56 Å². The van der Waals surface area contributed by atoms with Gasteiger partial charge in [-0.05, 0) is 11.6 Å². The Bertz CT molecular complexity index is 651. The second-order valence-electron chi connectivity index (χ2n) is 5.02. The SMILES string of the molecule is COC(=O)C1(C(=O)OC)C[C@H]2C#Cc3ccccc3[C@@H]1O2. The van der Waals surface area contributed by atoms with E-state index in [4.69, 9.17) is 14.2 Å². The van der Waals surface area contributed by atoms with Gasteiger partial charge in [0.25, 0.3) is 0 Å². The molecule has 1 fully saturated rings. The van der Waals surface area contributed by atoms with Crippen molar-refractivity contribution in [1.29, 1.82) is 0 Å². The molecule has 1 saturated heterocycles.